The van der Waals surface area contributed by atoms with Gasteiger partial charge in [0.05, 0.1) is 5.92 Å². The third-order valence-electron chi connectivity index (χ3n) is 3.54. The molecule has 0 fully saturated rings. The molecule has 0 aromatic heterocycles. The lowest BCUT2D eigenvalue weighted by atomic mass is 9.78. The second kappa shape index (κ2) is 3.80. The molecule has 0 aliphatic heterocycles. The van der Waals surface area contributed by atoms with Crippen molar-refractivity contribution >= 4 is 11.8 Å². The first-order chi connectivity index (χ1) is 6.78. The Balaban J connectivity index is 2.85. The number of rotatable bonds is 2. The van der Waals surface area contributed by atoms with Crippen LogP contribution in [0.1, 0.15) is 34.6 Å². The maximum atomic E-state index is 11.9. The van der Waals surface area contributed by atoms with E-state index in [2.05, 4.69) is 0 Å². The number of allylic oxidation sites excluding steroid dienone is 2. The third kappa shape index (κ3) is 1.96. The number of carbonyl (C=O) groups is 2. The van der Waals surface area contributed by atoms with E-state index in [-0.39, 0.29) is 29.7 Å². The maximum Gasteiger partial charge on any atom is 0.302 e. The zero-order chi connectivity index (χ0) is 11.8. The molecule has 0 bridgehead atoms. The minimum atomic E-state index is -0.333. The van der Waals surface area contributed by atoms with Crippen molar-refractivity contribution in [2.75, 3.05) is 6.61 Å². The van der Waals surface area contributed by atoms with E-state index in [1.54, 1.807) is 0 Å². The van der Waals surface area contributed by atoms with E-state index in [4.69, 9.17) is 4.74 Å². The van der Waals surface area contributed by atoms with E-state index in [9.17, 15) is 9.59 Å². The van der Waals surface area contributed by atoms with Crippen LogP contribution in [0, 0.1) is 11.3 Å². The van der Waals surface area contributed by atoms with E-state index < -0.39 is 0 Å². The highest BCUT2D eigenvalue weighted by atomic mass is 16.5. The van der Waals surface area contributed by atoms with Crippen molar-refractivity contribution in [3.05, 3.63) is 11.1 Å². The Kier molecular flexibility index (Phi) is 3.03. The average molecular weight is 210 g/mol. The molecule has 0 amide bonds. The Morgan fingerprint density at radius 3 is 2.27 bits per heavy atom. The van der Waals surface area contributed by atoms with Crippen molar-refractivity contribution in [3.63, 3.8) is 0 Å². The molecule has 1 unspecified atom stereocenters. The third-order valence-corrected chi connectivity index (χ3v) is 3.54. The molecule has 0 spiro atoms. The van der Waals surface area contributed by atoms with Gasteiger partial charge in [0.15, 0.2) is 5.78 Å². The number of Topliss-reactive ketones (excluding diaryl/α,β-unsaturated/α-hetero) is 1. The minimum Gasteiger partial charge on any atom is -0.465 e. The topological polar surface area (TPSA) is 43.4 Å². The molecular weight excluding hydrogens is 192 g/mol. The number of carbonyl (C=O) groups excluding carboxylic acids is 2. The SMILES string of the molecule is CC(=O)OCC1C(=O)C(C)=C(C)C1(C)C. The van der Waals surface area contributed by atoms with Gasteiger partial charge >= 0.3 is 5.97 Å². The molecule has 1 rings (SSSR count). The van der Waals surface area contributed by atoms with Crippen LogP contribution >= 0.6 is 0 Å². The standard InChI is InChI=1S/C12H18O3/c1-7-8(2)12(4,5)10(11(7)14)6-15-9(3)13/h10H,6H2,1-5H3. The van der Waals surface area contributed by atoms with Gasteiger partial charge in [0.25, 0.3) is 0 Å². The Hall–Kier alpha value is -1.12. The molecule has 15 heavy (non-hydrogen) atoms. The van der Waals surface area contributed by atoms with Crippen LogP contribution in [0.25, 0.3) is 0 Å². The maximum absolute atomic E-state index is 11.9. The Morgan fingerprint density at radius 1 is 1.40 bits per heavy atom. The van der Waals surface area contributed by atoms with Crippen molar-refractivity contribution in [2.45, 2.75) is 34.6 Å². The fourth-order valence-corrected chi connectivity index (χ4v) is 2.00. The van der Waals surface area contributed by atoms with Crippen molar-refractivity contribution < 1.29 is 14.3 Å². The fourth-order valence-electron chi connectivity index (χ4n) is 2.00. The predicted molar refractivity (Wildman–Crippen MR) is 57.3 cm³/mol. The van der Waals surface area contributed by atoms with Crippen LogP contribution in [0.4, 0.5) is 0 Å². The lowest BCUT2D eigenvalue weighted by molar-refractivity contribution is -0.144. The summed E-state index contributed by atoms with van der Waals surface area (Å²) in [4.78, 5) is 22.6. The van der Waals surface area contributed by atoms with Gasteiger partial charge in [0.2, 0.25) is 0 Å². The van der Waals surface area contributed by atoms with Gasteiger partial charge in [-0.1, -0.05) is 19.4 Å². The van der Waals surface area contributed by atoms with Gasteiger partial charge < -0.3 is 4.74 Å². The van der Waals surface area contributed by atoms with Gasteiger partial charge in [0.1, 0.15) is 6.61 Å². The molecule has 1 atom stereocenters. The summed E-state index contributed by atoms with van der Waals surface area (Å²) in [6.45, 7) is 9.40. The van der Waals surface area contributed by atoms with Crippen LogP contribution in [0.2, 0.25) is 0 Å². The predicted octanol–water partition coefficient (Wildman–Crippen LogP) is 2.11. The molecule has 84 valence electrons. The van der Waals surface area contributed by atoms with E-state index in [0.717, 1.165) is 11.1 Å². The van der Waals surface area contributed by atoms with Crippen LogP contribution < -0.4 is 0 Å². The summed E-state index contributed by atoms with van der Waals surface area (Å²) in [5.74, 6) is -0.444. The van der Waals surface area contributed by atoms with Crippen molar-refractivity contribution in [2.24, 2.45) is 11.3 Å². The monoisotopic (exact) mass is 210 g/mol. The quantitative estimate of drug-likeness (QED) is 0.656. The van der Waals surface area contributed by atoms with E-state index >= 15 is 0 Å². The molecule has 1 aliphatic carbocycles. The summed E-state index contributed by atoms with van der Waals surface area (Å²) >= 11 is 0. The van der Waals surface area contributed by atoms with Crippen LogP contribution in [0.3, 0.4) is 0 Å². The summed E-state index contributed by atoms with van der Waals surface area (Å²) in [5.41, 5.74) is 1.72. The Labute approximate surface area is 90.5 Å². The van der Waals surface area contributed by atoms with Gasteiger partial charge in [-0.2, -0.15) is 0 Å². The highest BCUT2D eigenvalue weighted by molar-refractivity contribution is 6.01. The van der Waals surface area contributed by atoms with Crippen LogP contribution in [0.5, 0.6) is 0 Å². The minimum absolute atomic E-state index is 0.110. The zero-order valence-electron chi connectivity index (χ0n) is 10.0. The van der Waals surface area contributed by atoms with Gasteiger partial charge in [0, 0.05) is 6.92 Å². The number of hydrogen-bond acceptors (Lipinski definition) is 3. The van der Waals surface area contributed by atoms with Gasteiger partial charge in [-0.25, -0.2) is 0 Å². The second-order valence-electron chi connectivity index (χ2n) is 4.69. The largest absolute Gasteiger partial charge is 0.465 e. The molecular formula is C12H18O3. The molecule has 0 radical (unpaired) electrons. The summed E-state index contributed by atoms with van der Waals surface area (Å²) in [7, 11) is 0. The smallest absolute Gasteiger partial charge is 0.302 e. The molecule has 0 aromatic rings. The fraction of sp³-hybridized carbons (Fsp3) is 0.667. The molecule has 3 nitrogen and oxygen atoms in total. The van der Waals surface area contributed by atoms with Gasteiger partial charge in [-0.15, -0.1) is 0 Å². The highest BCUT2D eigenvalue weighted by Crippen LogP contribution is 2.44. The molecule has 1 aliphatic rings. The summed E-state index contributed by atoms with van der Waals surface area (Å²) in [5, 5.41) is 0. The van der Waals surface area contributed by atoms with Gasteiger partial charge in [-0.05, 0) is 24.8 Å². The van der Waals surface area contributed by atoms with Crippen LogP contribution in [-0.4, -0.2) is 18.4 Å². The van der Waals surface area contributed by atoms with Crippen molar-refractivity contribution in [3.8, 4) is 0 Å². The first-order valence-corrected chi connectivity index (χ1v) is 5.14. The Morgan fingerprint density at radius 2 is 1.93 bits per heavy atom. The first kappa shape index (κ1) is 12.0. The number of ether oxygens (including phenoxy) is 1. The second-order valence-corrected chi connectivity index (χ2v) is 4.69. The van der Waals surface area contributed by atoms with E-state index in [0.29, 0.717) is 0 Å². The zero-order valence-corrected chi connectivity index (χ0v) is 10.0. The van der Waals surface area contributed by atoms with Crippen molar-refractivity contribution in [1.29, 1.82) is 0 Å². The molecule has 0 N–H and O–H groups in total. The lowest BCUT2D eigenvalue weighted by Crippen LogP contribution is -2.30. The average Bonchev–Trinajstić information content (AvgIpc) is 2.26. The number of hydrogen-bond donors (Lipinski definition) is 0. The molecule has 0 heterocycles. The van der Waals surface area contributed by atoms with Crippen molar-refractivity contribution in [1.82, 2.24) is 0 Å². The van der Waals surface area contributed by atoms with Gasteiger partial charge in [-0.3, -0.25) is 9.59 Å². The summed E-state index contributed by atoms with van der Waals surface area (Å²) in [6, 6.07) is 0. The first-order valence-electron chi connectivity index (χ1n) is 5.14. The molecule has 0 aromatic carbocycles. The number of ketones is 1. The lowest BCUT2D eigenvalue weighted by Gasteiger charge is -2.27. The van der Waals surface area contributed by atoms with Crippen LogP contribution in [0.15, 0.2) is 11.1 Å². The van der Waals surface area contributed by atoms with Crippen LogP contribution in [-0.2, 0) is 14.3 Å². The highest BCUT2D eigenvalue weighted by Gasteiger charge is 2.44. The molecule has 0 saturated carbocycles. The van der Waals surface area contributed by atoms with E-state index in [1.165, 1.54) is 6.92 Å². The molecule has 3 heteroatoms. The number of esters is 1. The normalized spacial score (nSPS) is 24.6. The van der Waals surface area contributed by atoms with E-state index in [1.807, 2.05) is 27.7 Å². The Bertz CT molecular complexity index is 337. The summed E-state index contributed by atoms with van der Waals surface area (Å²) in [6.07, 6.45) is 0. The molecule has 0 saturated heterocycles. The summed E-state index contributed by atoms with van der Waals surface area (Å²) < 4.78 is 4.94.